The number of anilines is 1. The van der Waals surface area contributed by atoms with E-state index in [1.807, 2.05) is 30.3 Å². The number of benzene rings is 1. The first-order valence-corrected chi connectivity index (χ1v) is 8.29. The van der Waals surface area contributed by atoms with E-state index in [-0.39, 0.29) is 5.91 Å². The van der Waals surface area contributed by atoms with Gasteiger partial charge in [0.15, 0.2) is 0 Å². The van der Waals surface area contributed by atoms with Crippen molar-refractivity contribution in [1.82, 2.24) is 15.1 Å². The summed E-state index contributed by atoms with van der Waals surface area (Å²) in [6, 6.07) is 14.7. The van der Waals surface area contributed by atoms with Gasteiger partial charge in [-0.15, -0.1) is 0 Å². The first kappa shape index (κ1) is 16.7. The van der Waals surface area contributed by atoms with Crippen LogP contribution in [0.3, 0.4) is 0 Å². The molecule has 3 heterocycles. The number of methoxy groups -OCH3 is 1. The van der Waals surface area contributed by atoms with Crippen molar-refractivity contribution < 1.29 is 14.1 Å². The molecule has 0 bridgehead atoms. The highest BCUT2D eigenvalue weighted by molar-refractivity contribution is 6.13. The van der Waals surface area contributed by atoms with E-state index in [9.17, 15) is 4.79 Å². The van der Waals surface area contributed by atoms with Crippen molar-refractivity contribution in [2.45, 2.75) is 6.92 Å². The van der Waals surface area contributed by atoms with E-state index >= 15 is 0 Å². The molecular weight excluding hydrogens is 344 g/mol. The third-order valence-corrected chi connectivity index (χ3v) is 4.13. The third kappa shape index (κ3) is 3.22. The van der Waals surface area contributed by atoms with Gasteiger partial charge in [0, 0.05) is 11.6 Å². The molecule has 3 aromatic heterocycles. The first-order chi connectivity index (χ1) is 13.2. The number of rotatable bonds is 4. The van der Waals surface area contributed by atoms with E-state index in [0.717, 1.165) is 5.56 Å². The minimum atomic E-state index is -0.294. The number of pyridine rings is 2. The average Bonchev–Trinajstić information content (AvgIpc) is 3.09. The fourth-order valence-corrected chi connectivity index (χ4v) is 2.80. The smallest absolute Gasteiger partial charge is 0.259 e. The summed E-state index contributed by atoms with van der Waals surface area (Å²) >= 11 is 0. The lowest BCUT2D eigenvalue weighted by Crippen LogP contribution is -2.13. The van der Waals surface area contributed by atoms with Crippen molar-refractivity contribution in [2.75, 3.05) is 12.4 Å². The zero-order valence-corrected chi connectivity index (χ0v) is 14.8. The molecule has 0 saturated heterocycles. The van der Waals surface area contributed by atoms with Crippen LogP contribution in [0.4, 0.5) is 5.69 Å². The Balaban J connectivity index is 1.76. The maximum absolute atomic E-state index is 12.9. The van der Waals surface area contributed by atoms with Gasteiger partial charge in [0.25, 0.3) is 11.6 Å². The maximum atomic E-state index is 12.9. The highest BCUT2D eigenvalue weighted by Gasteiger charge is 2.19. The molecule has 0 aliphatic carbocycles. The molecular formula is C20H16N4O3. The first-order valence-electron chi connectivity index (χ1n) is 8.29. The summed E-state index contributed by atoms with van der Waals surface area (Å²) in [6.45, 7) is 1.78. The van der Waals surface area contributed by atoms with Gasteiger partial charge in [-0.25, -0.2) is 9.97 Å². The van der Waals surface area contributed by atoms with Crippen LogP contribution >= 0.6 is 0 Å². The molecule has 4 rings (SSSR count). The van der Waals surface area contributed by atoms with Crippen LogP contribution in [-0.4, -0.2) is 28.1 Å². The lowest BCUT2D eigenvalue weighted by Gasteiger charge is -2.08. The minimum Gasteiger partial charge on any atom is -0.481 e. The number of amides is 1. The molecule has 0 aliphatic rings. The van der Waals surface area contributed by atoms with E-state index < -0.39 is 0 Å². The number of nitrogens with one attached hydrogen (secondary N) is 1. The van der Waals surface area contributed by atoms with Gasteiger partial charge in [-0.2, -0.15) is 0 Å². The van der Waals surface area contributed by atoms with Crippen molar-refractivity contribution in [3.05, 3.63) is 66.0 Å². The van der Waals surface area contributed by atoms with E-state index in [1.165, 1.54) is 13.3 Å². The molecule has 0 atom stereocenters. The van der Waals surface area contributed by atoms with Crippen LogP contribution in [0.5, 0.6) is 5.88 Å². The maximum Gasteiger partial charge on any atom is 0.259 e. The summed E-state index contributed by atoms with van der Waals surface area (Å²) in [5, 5.41) is 7.39. The third-order valence-electron chi connectivity index (χ3n) is 4.13. The zero-order chi connectivity index (χ0) is 18.8. The lowest BCUT2D eigenvalue weighted by atomic mass is 10.1. The van der Waals surface area contributed by atoms with Crippen LogP contribution in [0.1, 0.15) is 16.1 Å². The monoisotopic (exact) mass is 360 g/mol. The second-order valence-corrected chi connectivity index (χ2v) is 5.91. The number of nitrogens with zero attached hydrogens (tertiary/aromatic N) is 3. The normalized spacial score (nSPS) is 10.7. The molecule has 1 aromatic carbocycles. The summed E-state index contributed by atoms with van der Waals surface area (Å²) in [5.74, 6) is 0.179. The highest BCUT2D eigenvalue weighted by atomic mass is 16.5. The van der Waals surface area contributed by atoms with Crippen LogP contribution in [0.25, 0.3) is 22.4 Å². The van der Waals surface area contributed by atoms with Crippen molar-refractivity contribution in [2.24, 2.45) is 0 Å². The van der Waals surface area contributed by atoms with Crippen molar-refractivity contribution in [1.29, 1.82) is 0 Å². The van der Waals surface area contributed by atoms with Crippen molar-refractivity contribution >= 4 is 22.7 Å². The fourth-order valence-electron chi connectivity index (χ4n) is 2.80. The number of fused-ring (bicyclic) bond motifs is 1. The van der Waals surface area contributed by atoms with Crippen LogP contribution in [-0.2, 0) is 0 Å². The fraction of sp³-hybridized carbons (Fsp3) is 0.100. The Morgan fingerprint density at radius 2 is 1.96 bits per heavy atom. The molecule has 134 valence electrons. The molecule has 0 spiro atoms. The van der Waals surface area contributed by atoms with Gasteiger partial charge in [-0.3, -0.25) is 4.79 Å². The second-order valence-electron chi connectivity index (χ2n) is 5.91. The summed E-state index contributed by atoms with van der Waals surface area (Å²) in [4.78, 5) is 21.5. The predicted molar refractivity (Wildman–Crippen MR) is 101 cm³/mol. The minimum absolute atomic E-state index is 0.294. The molecule has 0 aliphatic heterocycles. The molecule has 0 fully saturated rings. The lowest BCUT2D eigenvalue weighted by molar-refractivity contribution is 0.102. The molecule has 1 amide bonds. The summed E-state index contributed by atoms with van der Waals surface area (Å²) in [6.07, 6.45) is 1.54. The predicted octanol–water partition coefficient (Wildman–Crippen LogP) is 3.85. The van der Waals surface area contributed by atoms with Crippen LogP contribution < -0.4 is 10.1 Å². The SMILES string of the molecule is COc1ccc(NC(=O)c2cc(-c3ccccc3)nc3onc(C)c23)cn1. The van der Waals surface area contributed by atoms with Gasteiger partial charge in [0.05, 0.1) is 41.3 Å². The number of carbonyl (C=O) groups excluding carboxylic acids is 1. The van der Waals surface area contributed by atoms with Gasteiger partial charge in [0.2, 0.25) is 5.88 Å². The molecule has 1 N–H and O–H groups in total. The van der Waals surface area contributed by atoms with Crippen molar-refractivity contribution in [3.63, 3.8) is 0 Å². The molecule has 0 unspecified atom stereocenters. The number of aromatic nitrogens is 3. The van der Waals surface area contributed by atoms with Gasteiger partial charge >= 0.3 is 0 Å². The molecule has 27 heavy (non-hydrogen) atoms. The molecule has 7 nitrogen and oxygen atoms in total. The molecule has 4 aromatic rings. The Kier molecular flexibility index (Phi) is 4.25. The molecule has 7 heteroatoms. The number of ether oxygens (including phenoxy) is 1. The van der Waals surface area contributed by atoms with E-state index in [4.69, 9.17) is 9.26 Å². The van der Waals surface area contributed by atoms with E-state index in [1.54, 1.807) is 25.1 Å². The summed E-state index contributed by atoms with van der Waals surface area (Å²) < 4.78 is 10.3. The van der Waals surface area contributed by atoms with Crippen LogP contribution in [0, 0.1) is 6.92 Å². The molecule has 0 radical (unpaired) electrons. The zero-order valence-electron chi connectivity index (χ0n) is 14.8. The molecule has 0 saturated carbocycles. The Morgan fingerprint density at radius 1 is 1.15 bits per heavy atom. The van der Waals surface area contributed by atoms with Gasteiger partial charge in [-0.05, 0) is 19.1 Å². The Bertz CT molecular complexity index is 1110. The summed E-state index contributed by atoms with van der Waals surface area (Å²) in [5.41, 5.74) is 3.45. The number of hydrogen-bond acceptors (Lipinski definition) is 6. The Hall–Kier alpha value is -3.74. The van der Waals surface area contributed by atoms with Crippen LogP contribution in [0.15, 0.2) is 59.3 Å². The number of carbonyl (C=O) groups is 1. The number of hydrogen-bond donors (Lipinski definition) is 1. The van der Waals surface area contributed by atoms with Crippen molar-refractivity contribution in [3.8, 4) is 17.1 Å². The largest absolute Gasteiger partial charge is 0.481 e. The van der Waals surface area contributed by atoms with Gasteiger partial charge < -0.3 is 14.6 Å². The second kappa shape index (κ2) is 6.87. The Morgan fingerprint density at radius 3 is 2.67 bits per heavy atom. The van der Waals surface area contributed by atoms with Crippen LogP contribution in [0.2, 0.25) is 0 Å². The number of aryl methyl sites for hydroxylation is 1. The van der Waals surface area contributed by atoms with Gasteiger partial charge in [-0.1, -0.05) is 35.5 Å². The van der Waals surface area contributed by atoms with E-state index in [2.05, 4.69) is 20.4 Å². The Labute approximate surface area is 155 Å². The standard InChI is InChI=1S/C20H16N4O3/c1-12-18-15(19(25)22-14-8-9-17(26-2)21-11-14)10-16(23-20(18)27-24-12)13-6-4-3-5-7-13/h3-11H,1-2H3,(H,22,25). The topological polar surface area (TPSA) is 90.1 Å². The quantitative estimate of drug-likeness (QED) is 0.594. The van der Waals surface area contributed by atoms with E-state index in [0.29, 0.717) is 39.6 Å². The average molecular weight is 360 g/mol. The summed E-state index contributed by atoms with van der Waals surface area (Å²) in [7, 11) is 1.54. The highest BCUT2D eigenvalue weighted by Crippen LogP contribution is 2.27. The van der Waals surface area contributed by atoms with Gasteiger partial charge in [0.1, 0.15) is 0 Å².